The number of fused-ring (bicyclic) bond motifs is 5. The fraction of sp³-hybridized carbons (Fsp3) is 0.207. The summed E-state index contributed by atoms with van der Waals surface area (Å²) >= 11 is 3.48. The number of hydroxylamine groups is 2. The Labute approximate surface area is 222 Å². The minimum Gasteiger partial charge on any atom is -0.336 e. The second-order valence-electron chi connectivity index (χ2n) is 8.96. The Morgan fingerprint density at radius 2 is 1.62 bits per heavy atom. The molecule has 1 atom stereocenters. The van der Waals surface area contributed by atoms with Crippen LogP contribution in [0.3, 0.4) is 0 Å². The van der Waals surface area contributed by atoms with Crippen molar-refractivity contribution in [3.8, 4) is 11.3 Å². The molecule has 37 heavy (non-hydrogen) atoms. The van der Waals surface area contributed by atoms with Crippen LogP contribution in [0.25, 0.3) is 22.2 Å². The van der Waals surface area contributed by atoms with Crippen LogP contribution in [0.15, 0.2) is 83.8 Å². The van der Waals surface area contributed by atoms with Gasteiger partial charge in [0.2, 0.25) is 0 Å². The molecule has 1 fully saturated rings. The highest BCUT2D eigenvalue weighted by Gasteiger charge is 2.34. The topological polar surface area (TPSA) is 68.6 Å². The molecule has 0 spiro atoms. The normalized spacial score (nSPS) is 16.6. The maximum atomic E-state index is 12.4. The summed E-state index contributed by atoms with van der Waals surface area (Å²) < 4.78 is 2.49. The number of carbonyl (C=O) groups excluding carboxylic acids is 3. The molecule has 2 aliphatic rings. The molecule has 3 heterocycles. The fourth-order valence-electron chi connectivity index (χ4n) is 4.90. The van der Waals surface area contributed by atoms with Crippen LogP contribution >= 0.6 is 23.5 Å². The van der Waals surface area contributed by atoms with Gasteiger partial charge in [-0.15, -0.1) is 28.6 Å². The minimum absolute atomic E-state index is 0.0784. The molecule has 6 nitrogen and oxygen atoms in total. The van der Waals surface area contributed by atoms with E-state index in [1.165, 1.54) is 38.2 Å². The van der Waals surface area contributed by atoms with Gasteiger partial charge in [0.25, 0.3) is 11.8 Å². The largest absolute Gasteiger partial charge is 0.336 e. The zero-order valence-corrected chi connectivity index (χ0v) is 21.6. The van der Waals surface area contributed by atoms with Gasteiger partial charge in [0.05, 0.1) is 16.7 Å². The van der Waals surface area contributed by atoms with E-state index in [2.05, 4.69) is 77.4 Å². The predicted molar refractivity (Wildman–Crippen MR) is 146 cm³/mol. The van der Waals surface area contributed by atoms with E-state index in [4.69, 9.17) is 4.84 Å². The lowest BCUT2D eigenvalue weighted by Crippen LogP contribution is -2.32. The summed E-state index contributed by atoms with van der Waals surface area (Å²) in [5.74, 6) is -0.973. The van der Waals surface area contributed by atoms with Crippen LogP contribution in [-0.2, 0) is 25.8 Å². The molecule has 0 radical (unpaired) electrons. The third kappa shape index (κ3) is 4.55. The van der Waals surface area contributed by atoms with Crippen molar-refractivity contribution in [1.82, 2.24) is 9.63 Å². The highest BCUT2D eigenvalue weighted by molar-refractivity contribution is 8.16. The van der Waals surface area contributed by atoms with Crippen molar-refractivity contribution < 1.29 is 19.2 Å². The fourth-order valence-corrected chi connectivity index (χ4v) is 7.71. The van der Waals surface area contributed by atoms with Crippen LogP contribution in [0, 0.1) is 0 Å². The molecule has 8 heteroatoms. The predicted octanol–water partition coefficient (Wildman–Crippen LogP) is 6.19. The van der Waals surface area contributed by atoms with Gasteiger partial charge in [0.1, 0.15) is 0 Å². The summed E-state index contributed by atoms with van der Waals surface area (Å²) in [6, 6.07) is 27.5. The highest BCUT2D eigenvalue weighted by atomic mass is 32.2. The SMILES string of the molecule is O=C(CCSC1Sc2ccccc2-c2c1c1ccccc1n2Cc1ccccc1)ON1C(=O)CCC1=O. The third-order valence-electron chi connectivity index (χ3n) is 6.58. The van der Waals surface area contributed by atoms with Crippen molar-refractivity contribution in [3.05, 3.63) is 90.0 Å². The smallest absolute Gasteiger partial charge is 0.334 e. The van der Waals surface area contributed by atoms with Crippen molar-refractivity contribution in [1.29, 1.82) is 0 Å². The molecule has 186 valence electrons. The second-order valence-corrected chi connectivity index (χ2v) is 11.6. The van der Waals surface area contributed by atoms with Crippen molar-refractivity contribution in [2.75, 3.05) is 5.75 Å². The number of hydrogen-bond donors (Lipinski definition) is 0. The molecule has 1 aromatic heterocycles. The molecule has 2 aliphatic heterocycles. The maximum Gasteiger partial charge on any atom is 0.334 e. The Morgan fingerprint density at radius 3 is 2.43 bits per heavy atom. The van der Waals surface area contributed by atoms with E-state index in [1.807, 2.05) is 6.07 Å². The van der Waals surface area contributed by atoms with Crippen LogP contribution < -0.4 is 0 Å². The van der Waals surface area contributed by atoms with Crippen LogP contribution in [0.1, 0.15) is 35.0 Å². The van der Waals surface area contributed by atoms with E-state index in [0.717, 1.165) is 6.54 Å². The van der Waals surface area contributed by atoms with Crippen molar-refractivity contribution in [3.63, 3.8) is 0 Å². The number of nitrogens with zero attached hydrogens (tertiary/aromatic N) is 2. The molecule has 6 rings (SSSR count). The van der Waals surface area contributed by atoms with E-state index >= 15 is 0 Å². The number of thioether (sulfide) groups is 2. The Bertz CT molecular complexity index is 1500. The first-order chi connectivity index (χ1) is 18.1. The first-order valence-electron chi connectivity index (χ1n) is 12.2. The number of amides is 2. The van der Waals surface area contributed by atoms with Crippen LogP contribution in [-0.4, -0.2) is 33.2 Å². The number of para-hydroxylation sites is 1. The Kier molecular flexibility index (Phi) is 6.52. The van der Waals surface area contributed by atoms with Crippen molar-refractivity contribution in [2.24, 2.45) is 0 Å². The van der Waals surface area contributed by atoms with Gasteiger partial charge in [-0.1, -0.05) is 66.7 Å². The molecule has 0 bridgehead atoms. The highest BCUT2D eigenvalue weighted by Crippen LogP contribution is 2.56. The average Bonchev–Trinajstić information content (AvgIpc) is 3.42. The number of carbonyl (C=O) groups is 3. The monoisotopic (exact) mass is 528 g/mol. The second kappa shape index (κ2) is 10.1. The van der Waals surface area contributed by atoms with Gasteiger partial charge in [-0.2, -0.15) is 0 Å². The molecule has 4 aromatic rings. The van der Waals surface area contributed by atoms with Gasteiger partial charge in [-0.25, -0.2) is 4.79 Å². The number of imide groups is 1. The van der Waals surface area contributed by atoms with E-state index in [9.17, 15) is 14.4 Å². The number of rotatable bonds is 7. The summed E-state index contributed by atoms with van der Waals surface area (Å²) in [6.45, 7) is 0.761. The summed E-state index contributed by atoms with van der Waals surface area (Å²) in [7, 11) is 0. The summed E-state index contributed by atoms with van der Waals surface area (Å²) in [6.07, 6.45) is 0.294. The van der Waals surface area contributed by atoms with Crippen LogP contribution in [0.5, 0.6) is 0 Å². The quantitative estimate of drug-likeness (QED) is 0.267. The molecular formula is C29H24N2O4S2. The van der Waals surface area contributed by atoms with E-state index in [0.29, 0.717) is 10.8 Å². The first-order valence-corrected chi connectivity index (χ1v) is 14.1. The van der Waals surface area contributed by atoms with Crippen molar-refractivity contribution in [2.45, 2.75) is 35.3 Å². The van der Waals surface area contributed by atoms with Crippen molar-refractivity contribution >= 4 is 52.2 Å². The van der Waals surface area contributed by atoms with Gasteiger partial charge >= 0.3 is 5.97 Å². The zero-order chi connectivity index (χ0) is 25.4. The Hall–Kier alpha value is -3.49. The van der Waals surface area contributed by atoms with E-state index in [1.54, 1.807) is 23.5 Å². The lowest BCUT2D eigenvalue weighted by Gasteiger charge is -2.26. The van der Waals surface area contributed by atoms with E-state index in [-0.39, 0.29) is 23.8 Å². The van der Waals surface area contributed by atoms with Gasteiger partial charge in [-0.05, 0) is 17.7 Å². The zero-order valence-electron chi connectivity index (χ0n) is 20.0. The number of hydrogen-bond acceptors (Lipinski definition) is 6. The molecular weight excluding hydrogens is 504 g/mol. The molecule has 0 saturated carbocycles. The van der Waals surface area contributed by atoms with Crippen LogP contribution in [0.4, 0.5) is 0 Å². The number of benzene rings is 3. The van der Waals surface area contributed by atoms with Crippen LogP contribution in [0.2, 0.25) is 0 Å². The standard InChI is InChI=1S/C29H24N2O4S2/c32-24-14-15-25(33)31(24)35-26(34)16-17-36-29-27-20-10-4-6-12-22(20)30(18-19-8-2-1-3-9-19)28(27)21-11-5-7-13-23(21)37-29/h1-13,29H,14-18H2. The molecule has 2 amide bonds. The molecule has 1 unspecified atom stereocenters. The molecule has 1 saturated heterocycles. The minimum atomic E-state index is -0.566. The first kappa shape index (κ1) is 23.9. The third-order valence-corrected chi connectivity index (χ3v) is 9.31. The van der Waals surface area contributed by atoms with Gasteiger partial charge in [0, 0.05) is 52.1 Å². The maximum absolute atomic E-state index is 12.4. The molecule has 0 aliphatic carbocycles. The van der Waals surface area contributed by atoms with Gasteiger partial charge in [-0.3, -0.25) is 9.59 Å². The summed E-state index contributed by atoms with van der Waals surface area (Å²) in [4.78, 5) is 42.2. The van der Waals surface area contributed by atoms with E-state index < -0.39 is 17.8 Å². The Morgan fingerprint density at radius 1 is 0.919 bits per heavy atom. The molecule has 0 N–H and O–H groups in total. The molecule has 3 aromatic carbocycles. The summed E-state index contributed by atoms with van der Waals surface area (Å²) in [5.41, 5.74) is 6.12. The lowest BCUT2D eigenvalue weighted by atomic mass is 10.1. The van der Waals surface area contributed by atoms with Gasteiger partial charge < -0.3 is 9.40 Å². The average molecular weight is 529 g/mol. The van der Waals surface area contributed by atoms with Gasteiger partial charge in [0.15, 0.2) is 0 Å². The summed E-state index contributed by atoms with van der Waals surface area (Å²) in [5, 5.41) is 1.83. The Balaban J connectivity index is 1.31. The number of aromatic nitrogens is 1. The lowest BCUT2D eigenvalue weighted by molar-refractivity contribution is -0.197.